The van der Waals surface area contributed by atoms with E-state index in [2.05, 4.69) is 31.3 Å². The summed E-state index contributed by atoms with van der Waals surface area (Å²) >= 11 is 0. The Labute approximate surface area is 195 Å². The highest BCUT2D eigenvalue weighted by molar-refractivity contribution is 6.06. The second-order valence-corrected chi connectivity index (χ2v) is 9.03. The third kappa shape index (κ3) is 5.22. The van der Waals surface area contributed by atoms with Crippen molar-refractivity contribution in [3.8, 4) is 0 Å². The van der Waals surface area contributed by atoms with Crippen molar-refractivity contribution in [3.05, 3.63) is 76.5 Å². The van der Waals surface area contributed by atoms with Gasteiger partial charge in [0.1, 0.15) is 6.10 Å². The minimum absolute atomic E-state index is 0.0253. The topological polar surface area (TPSA) is 71.5 Å². The number of benzene rings is 2. The predicted molar refractivity (Wildman–Crippen MR) is 129 cm³/mol. The minimum Gasteiger partial charge on any atom is -0.368 e. The van der Waals surface area contributed by atoms with Crippen molar-refractivity contribution in [3.63, 3.8) is 0 Å². The Morgan fingerprint density at radius 3 is 2.67 bits per heavy atom. The van der Waals surface area contributed by atoms with Crippen LogP contribution in [0.5, 0.6) is 0 Å². The molecule has 1 saturated heterocycles. The highest BCUT2D eigenvalue weighted by Crippen LogP contribution is 2.26. The highest BCUT2D eigenvalue weighted by Gasteiger charge is 2.28. The summed E-state index contributed by atoms with van der Waals surface area (Å²) in [6, 6.07) is 15.6. The van der Waals surface area contributed by atoms with E-state index < -0.39 is 0 Å². The fourth-order valence-electron chi connectivity index (χ4n) is 4.14. The number of para-hydroxylation sites is 1. The molecule has 2 heterocycles. The fourth-order valence-corrected chi connectivity index (χ4v) is 4.14. The molecular weight excluding hydrogens is 414 g/mol. The van der Waals surface area contributed by atoms with Crippen LogP contribution in [0.2, 0.25) is 0 Å². The Balaban J connectivity index is 1.57. The monoisotopic (exact) mass is 445 g/mol. The number of hydrogen-bond acceptors (Lipinski definition) is 4. The maximum absolute atomic E-state index is 13.0. The molecule has 4 rings (SSSR count). The lowest BCUT2D eigenvalue weighted by molar-refractivity contribution is -0.138. The fraction of sp³-hybridized carbons (Fsp3) is 0.370. The van der Waals surface area contributed by atoms with E-state index >= 15 is 0 Å². The van der Waals surface area contributed by atoms with Crippen LogP contribution >= 0.6 is 0 Å². The number of hydrogen-bond donors (Lipinski definition) is 1. The first-order valence-corrected chi connectivity index (χ1v) is 11.5. The molecule has 0 bridgehead atoms. The van der Waals surface area contributed by atoms with Gasteiger partial charge in [-0.1, -0.05) is 36.4 Å². The molecule has 3 aromatic rings. The van der Waals surface area contributed by atoms with E-state index in [-0.39, 0.29) is 24.0 Å². The molecule has 1 aliphatic heterocycles. The summed E-state index contributed by atoms with van der Waals surface area (Å²) in [6.45, 7) is 9.41. The first-order valence-electron chi connectivity index (χ1n) is 11.5. The highest BCUT2D eigenvalue weighted by atomic mass is 16.5. The summed E-state index contributed by atoms with van der Waals surface area (Å²) in [5, 5.41) is 3.78. The largest absolute Gasteiger partial charge is 0.368 e. The normalized spacial score (nSPS) is 16.3. The van der Waals surface area contributed by atoms with Gasteiger partial charge in [-0.05, 0) is 56.5 Å². The van der Waals surface area contributed by atoms with Gasteiger partial charge in [0.15, 0.2) is 0 Å². The molecule has 0 radical (unpaired) electrons. The van der Waals surface area contributed by atoms with Crippen LogP contribution in [0.1, 0.15) is 52.7 Å². The number of fused-ring (bicyclic) bond motifs is 1. The number of nitrogens with zero attached hydrogens (tertiary/aromatic N) is 2. The van der Waals surface area contributed by atoms with E-state index in [0.29, 0.717) is 37.4 Å². The van der Waals surface area contributed by atoms with Gasteiger partial charge in [0, 0.05) is 18.0 Å². The zero-order valence-corrected chi connectivity index (χ0v) is 19.7. The molecule has 1 N–H and O–H groups in total. The van der Waals surface area contributed by atoms with Gasteiger partial charge in [0.25, 0.3) is 5.91 Å². The smallest absolute Gasteiger partial charge is 0.252 e. The van der Waals surface area contributed by atoms with Crippen molar-refractivity contribution in [2.24, 2.45) is 0 Å². The van der Waals surface area contributed by atoms with Gasteiger partial charge < -0.3 is 15.0 Å². The first kappa shape index (κ1) is 22.9. The Morgan fingerprint density at radius 2 is 1.91 bits per heavy atom. The number of carbonyl (C=O) groups excluding carboxylic acids is 2. The van der Waals surface area contributed by atoms with E-state index in [0.717, 1.165) is 16.5 Å². The molecular formula is C27H31N3O3. The molecule has 1 aromatic heterocycles. The molecule has 0 unspecified atom stereocenters. The van der Waals surface area contributed by atoms with E-state index in [1.165, 1.54) is 11.1 Å². The second kappa shape index (κ2) is 9.71. The molecule has 33 heavy (non-hydrogen) atoms. The van der Waals surface area contributed by atoms with Gasteiger partial charge in [-0.2, -0.15) is 0 Å². The molecule has 2 aromatic carbocycles. The summed E-state index contributed by atoms with van der Waals surface area (Å²) in [5.41, 5.74) is 5.41. The van der Waals surface area contributed by atoms with Crippen LogP contribution in [0.25, 0.3) is 10.9 Å². The lowest BCUT2D eigenvalue weighted by Gasteiger charge is -2.33. The number of amides is 2. The van der Waals surface area contributed by atoms with Crippen LogP contribution in [-0.4, -0.2) is 47.4 Å². The third-order valence-electron chi connectivity index (χ3n) is 6.08. The zero-order chi connectivity index (χ0) is 23.5. The molecule has 6 heteroatoms. The summed E-state index contributed by atoms with van der Waals surface area (Å²) < 4.78 is 6.01. The van der Waals surface area contributed by atoms with Crippen molar-refractivity contribution in [2.75, 3.05) is 19.7 Å². The van der Waals surface area contributed by atoms with Crippen LogP contribution in [0, 0.1) is 13.8 Å². The zero-order valence-electron chi connectivity index (χ0n) is 19.7. The second-order valence-electron chi connectivity index (χ2n) is 9.03. The molecule has 0 spiro atoms. The number of rotatable bonds is 5. The van der Waals surface area contributed by atoms with Crippen LogP contribution in [0.4, 0.5) is 0 Å². The SMILES string of the molecule is Cc1ccc(CC(=O)N2CCO[C@H](c3cc(C(=O)NC(C)C)c4ccccc4n3)C2)cc1C. The number of morpholine rings is 1. The van der Waals surface area contributed by atoms with E-state index in [4.69, 9.17) is 9.72 Å². The molecule has 0 aliphatic carbocycles. The predicted octanol–water partition coefficient (Wildman–Crippen LogP) is 4.13. The number of nitrogens with one attached hydrogen (secondary N) is 1. The Bertz CT molecular complexity index is 1190. The van der Waals surface area contributed by atoms with Crippen LogP contribution in [0.3, 0.4) is 0 Å². The molecule has 1 fully saturated rings. The Morgan fingerprint density at radius 1 is 1.12 bits per heavy atom. The lowest BCUT2D eigenvalue weighted by Crippen LogP contribution is -2.43. The summed E-state index contributed by atoms with van der Waals surface area (Å²) in [7, 11) is 0. The van der Waals surface area contributed by atoms with Crippen LogP contribution in [0.15, 0.2) is 48.5 Å². The van der Waals surface area contributed by atoms with Gasteiger partial charge in [-0.15, -0.1) is 0 Å². The van der Waals surface area contributed by atoms with Crippen molar-refractivity contribution in [1.82, 2.24) is 15.2 Å². The minimum atomic E-state index is -0.377. The van der Waals surface area contributed by atoms with Crippen molar-refractivity contribution in [2.45, 2.75) is 46.3 Å². The van der Waals surface area contributed by atoms with Crippen molar-refractivity contribution < 1.29 is 14.3 Å². The first-order chi connectivity index (χ1) is 15.8. The summed E-state index contributed by atoms with van der Waals surface area (Å²) in [6.07, 6.45) is -0.0150. The van der Waals surface area contributed by atoms with Crippen molar-refractivity contribution in [1.29, 1.82) is 0 Å². The lowest BCUT2D eigenvalue weighted by atomic mass is 10.0. The number of pyridine rings is 1. The van der Waals surface area contributed by atoms with Crippen LogP contribution < -0.4 is 5.32 Å². The number of ether oxygens (including phenoxy) is 1. The average molecular weight is 446 g/mol. The van der Waals surface area contributed by atoms with Gasteiger partial charge in [0.2, 0.25) is 5.91 Å². The molecule has 2 amide bonds. The van der Waals surface area contributed by atoms with E-state index in [1.54, 1.807) is 0 Å². The van der Waals surface area contributed by atoms with E-state index in [9.17, 15) is 9.59 Å². The van der Waals surface area contributed by atoms with Gasteiger partial charge in [0.05, 0.1) is 36.3 Å². The van der Waals surface area contributed by atoms with E-state index in [1.807, 2.05) is 55.1 Å². The quantitative estimate of drug-likeness (QED) is 0.641. The Kier molecular flexibility index (Phi) is 6.75. The maximum atomic E-state index is 13.0. The third-order valence-corrected chi connectivity index (χ3v) is 6.08. The standard InChI is InChI=1S/C27H31N3O3/c1-17(2)28-27(32)22-15-24(29-23-8-6-5-7-21(22)23)25-16-30(11-12-33-25)26(31)14-20-10-9-18(3)19(4)13-20/h5-10,13,15,17,25H,11-12,14,16H2,1-4H3,(H,28,32)/t25-/m0/s1. The van der Waals surface area contributed by atoms with Gasteiger partial charge in [-0.3, -0.25) is 9.59 Å². The molecule has 0 saturated carbocycles. The number of aryl methyl sites for hydroxylation is 2. The molecule has 172 valence electrons. The summed E-state index contributed by atoms with van der Waals surface area (Å²) in [4.78, 5) is 32.5. The van der Waals surface area contributed by atoms with Gasteiger partial charge in [-0.25, -0.2) is 4.98 Å². The molecule has 6 nitrogen and oxygen atoms in total. The Hall–Kier alpha value is -3.25. The maximum Gasteiger partial charge on any atom is 0.252 e. The molecule has 1 atom stereocenters. The number of aromatic nitrogens is 1. The van der Waals surface area contributed by atoms with Crippen LogP contribution in [-0.2, 0) is 16.0 Å². The molecule has 1 aliphatic rings. The summed E-state index contributed by atoms with van der Waals surface area (Å²) in [5.74, 6) is -0.0616. The average Bonchev–Trinajstić information content (AvgIpc) is 2.80. The number of carbonyl (C=O) groups is 2. The van der Waals surface area contributed by atoms with Crippen molar-refractivity contribution >= 4 is 22.7 Å². The van der Waals surface area contributed by atoms with Gasteiger partial charge >= 0.3 is 0 Å².